The maximum Gasteiger partial charge on any atom is 0.130 e. The molecule has 3 nitrogen and oxygen atoms in total. The lowest BCUT2D eigenvalue weighted by atomic mass is 9.92. The van der Waals surface area contributed by atoms with E-state index in [-0.39, 0.29) is 11.2 Å². The SMILES string of the molecule is CC(C)Nc1cc(C(C)(C)C)nn1-c1ccc(F)cc1. The Bertz CT molecular complexity index is 577. The molecule has 20 heavy (non-hydrogen) atoms. The van der Waals surface area contributed by atoms with E-state index in [0.717, 1.165) is 17.2 Å². The molecule has 0 unspecified atom stereocenters. The van der Waals surface area contributed by atoms with Crippen LogP contribution in [0.25, 0.3) is 5.69 Å². The van der Waals surface area contributed by atoms with E-state index in [0.29, 0.717) is 6.04 Å². The molecule has 1 N–H and O–H groups in total. The van der Waals surface area contributed by atoms with Crippen molar-refractivity contribution in [1.82, 2.24) is 9.78 Å². The van der Waals surface area contributed by atoms with Gasteiger partial charge in [-0.2, -0.15) is 5.10 Å². The van der Waals surface area contributed by atoms with Gasteiger partial charge in [0.2, 0.25) is 0 Å². The molecule has 1 aromatic heterocycles. The molecule has 0 aliphatic heterocycles. The van der Waals surface area contributed by atoms with Crippen molar-refractivity contribution >= 4 is 5.82 Å². The van der Waals surface area contributed by atoms with Crippen LogP contribution in [0.3, 0.4) is 0 Å². The first-order chi connectivity index (χ1) is 9.27. The van der Waals surface area contributed by atoms with Crippen LogP contribution in [0, 0.1) is 5.82 Å². The predicted octanol–water partition coefficient (Wildman–Crippen LogP) is 4.13. The Hall–Kier alpha value is -1.84. The molecule has 0 radical (unpaired) electrons. The number of nitrogens with one attached hydrogen (secondary N) is 1. The second-order valence-corrected chi connectivity index (χ2v) is 6.35. The van der Waals surface area contributed by atoms with Crippen molar-refractivity contribution in [2.45, 2.75) is 46.1 Å². The zero-order valence-corrected chi connectivity index (χ0v) is 12.7. The molecule has 2 rings (SSSR count). The minimum absolute atomic E-state index is 0.0291. The van der Waals surface area contributed by atoms with Gasteiger partial charge in [0.1, 0.15) is 11.6 Å². The van der Waals surface area contributed by atoms with Gasteiger partial charge in [-0.15, -0.1) is 0 Å². The summed E-state index contributed by atoms with van der Waals surface area (Å²) in [4.78, 5) is 0. The van der Waals surface area contributed by atoms with Crippen LogP contribution >= 0.6 is 0 Å². The van der Waals surface area contributed by atoms with Crippen molar-refractivity contribution < 1.29 is 4.39 Å². The Morgan fingerprint density at radius 1 is 1.15 bits per heavy atom. The lowest BCUT2D eigenvalue weighted by molar-refractivity contribution is 0.560. The molecule has 1 aromatic carbocycles. The molecule has 108 valence electrons. The summed E-state index contributed by atoms with van der Waals surface area (Å²) >= 11 is 0. The first-order valence-electron chi connectivity index (χ1n) is 6.90. The van der Waals surface area contributed by atoms with Crippen LogP contribution in [-0.4, -0.2) is 15.8 Å². The van der Waals surface area contributed by atoms with E-state index in [1.165, 1.54) is 12.1 Å². The van der Waals surface area contributed by atoms with Gasteiger partial charge in [-0.25, -0.2) is 9.07 Å². The monoisotopic (exact) mass is 275 g/mol. The van der Waals surface area contributed by atoms with Crippen molar-refractivity contribution in [2.75, 3.05) is 5.32 Å². The lowest BCUT2D eigenvalue weighted by Gasteiger charge is -2.14. The van der Waals surface area contributed by atoms with Crippen LogP contribution in [0.1, 0.15) is 40.3 Å². The third-order valence-corrected chi connectivity index (χ3v) is 2.99. The van der Waals surface area contributed by atoms with E-state index in [1.54, 1.807) is 12.1 Å². The molecule has 0 atom stereocenters. The second-order valence-electron chi connectivity index (χ2n) is 6.35. The second kappa shape index (κ2) is 5.27. The third-order valence-electron chi connectivity index (χ3n) is 2.99. The zero-order valence-electron chi connectivity index (χ0n) is 12.7. The third kappa shape index (κ3) is 3.18. The predicted molar refractivity (Wildman–Crippen MR) is 81.0 cm³/mol. The molecule has 0 bridgehead atoms. The smallest absolute Gasteiger partial charge is 0.130 e. The molecule has 0 aliphatic carbocycles. The topological polar surface area (TPSA) is 29.9 Å². The first kappa shape index (κ1) is 14.6. The summed E-state index contributed by atoms with van der Waals surface area (Å²) in [5.74, 6) is 0.687. The van der Waals surface area contributed by atoms with E-state index in [1.807, 2.05) is 4.68 Å². The number of halogens is 1. The van der Waals surface area contributed by atoms with Gasteiger partial charge in [0.15, 0.2) is 0 Å². The first-order valence-corrected chi connectivity index (χ1v) is 6.90. The van der Waals surface area contributed by atoms with Gasteiger partial charge in [0.25, 0.3) is 0 Å². The Kier molecular flexibility index (Phi) is 3.84. The van der Waals surface area contributed by atoms with Crippen LogP contribution in [0.2, 0.25) is 0 Å². The minimum atomic E-state index is -0.240. The van der Waals surface area contributed by atoms with Crippen LogP contribution in [0.15, 0.2) is 30.3 Å². The summed E-state index contributed by atoms with van der Waals surface area (Å²) in [5.41, 5.74) is 1.83. The summed E-state index contributed by atoms with van der Waals surface area (Å²) in [6.45, 7) is 10.5. The van der Waals surface area contributed by atoms with E-state index >= 15 is 0 Å². The summed E-state index contributed by atoms with van der Waals surface area (Å²) in [6, 6.07) is 8.74. The number of hydrogen-bond acceptors (Lipinski definition) is 2. The van der Waals surface area contributed by atoms with Gasteiger partial charge in [0.05, 0.1) is 11.4 Å². The highest BCUT2D eigenvalue weighted by atomic mass is 19.1. The standard InChI is InChI=1S/C16H22FN3/c1-11(2)18-15-10-14(16(3,4)5)19-20(15)13-8-6-12(17)7-9-13/h6-11,18H,1-5H3. The van der Waals surface area contributed by atoms with Gasteiger partial charge in [0, 0.05) is 17.5 Å². The summed E-state index contributed by atoms with van der Waals surface area (Å²) in [5, 5.41) is 8.05. The van der Waals surface area contributed by atoms with Crippen molar-refractivity contribution in [3.05, 3.63) is 41.8 Å². The molecule has 4 heteroatoms. The summed E-state index contributed by atoms with van der Waals surface area (Å²) in [7, 11) is 0. The number of aromatic nitrogens is 2. The molecule has 0 spiro atoms. The van der Waals surface area contributed by atoms with Crippen LogP contribution in [0.5, 0.6) is 0 Å². The van der Waals surface area contributed by atoms with Gasteiger partial charge < -0.3 is 5.32 Å². The summed E-state index contributed by atoms with van der Waals surface area (Å²) in [6.07, 6.45) is 0. The molecule has 2 aromatic rings. The molecule has 1 heterocycles. The quantitative estimate of drug-likeness (QED) is 0.912. The Labute approximate surface area is 119 Å². The highest BCUT2D eigenvalue weighted by Crippen LogP contribution is 2.26. The number of anilines is 1. The fourth-order valence-corrected chi connectivity index (χ4v) is 1.93. The van der Waals surface area contributed by atoms with Gasteiger partial charge >= 0.3 is 0 Å². The Morgan fingerprint density at radius 3 is 2.25 bits per heavy atom. The van der Waals surface area contributed by atoms with E-state index in [2.05, 4.69) is 51.1 Å². The van der Waals surface area contributed by atoms with E-state index in [9.17, 15) is 4.39 Å². The molecule has 0 saturated carbocycles. The van der Waals surface area contributed by atoms with E-state index < -0.39 is 0 Å². The molecule has 0 amide bonds. The van der Waals surface area contributed by atoms with Gasteiger partial charge in [-0.3, -0.25) is 0 Å². The highest BCUT2D eigenvalue weighted by molar-refractivity contribution is 5.47. The number of nitrogens with zero attached hydrogens (tertiary/aromatic N) is 2. The largest absolute Gasteiger partial charge is 0.368 e. The zero-order chi connectivity index (χ0) is 14.9. The lowest BCUT2D eigenvalue weighted by Crippen LogP contribution is -2.14. The molecular weight excluding hydrogens is 253 g/mol. The maximum atomic E-state index is 13.1. The highest BCUT2D eigenvalue weighted by Gasteiger charge is 2.20. The fourth-order valence-electron chi connectivity index (χ4n) is 1.93. The van der Waals surface area contributed by atoms with Crippen molar-refractivity contribution in [1.29, 1.82) is 0 Å². The number of benzene rings is 1. The molecular formula is C16H22FN3. The van der Waals surface area contributed by atoms with Crippen molar-refractivity contribution in [3.8, 4) is 5.69 Å². The Morgan fingerprint density at radius 2 is 1.75 bits per heavy atom. The number of rotatable bonds is 3. The van der Waals surface area contributed by atoms with Crippen molar-refractivity contribution in [3.63, 3.8) is 0 Å². The van der Waals surface area contributed by atoms with Crippen LogP contribution in [-0.2, 0) is 5.41 Å². The number of hydrogen-bond donors (Lipinski definition) is 1. The fraction of sp³-hybridized carbons (Fsp3) is 0.438. The van der Waals surface area contributed by atoms with Gasteiger partial charge in [-0.05, 0) is 38.1 Å². The van der Waals surface area contributed by atoms with Gasteiger partial charge in [-0.1, -0.05) is 20.8 Å². The average molecular weight is 275 g/mol. The molecule has 0 saturated heterocycles. The average Bonchev–Trinajstić information content (AvgIpc) is 2.73. The van der Waals surface area contributed by atoms with Crippen LogP contribution < -0.4 is 5.32 Å². The summed E-state index contributed by atoms with van der Waals surface area (Å²) < 4.78 is 14.9. The maximum absolute atomic E-state index is 13.1. The Balaban J connectivity index is 2.49. The molecule has 0 aliphatic rings. The van der Waals surface area contributed by atoms with E-state index in [4.69, 9.17) is 0 Å². The molecule has 0 fully saturated rings. The van der Waals surface area contributed by atoms with Crippen LogP contribution in [0.4, 0.5) is 10.2 Å². The normalized spacial score (nSPS) is 11.9. The van der Waals surface area contributed by atoms with Crippen molar-refractivity contribution in [2.24, 2.45) is 0 Å². The minimum Gasteiger partial charge on any atom is -0.368 e.